The molecule has 1 aliphatic rings. The van der Waals surface area contributed by atoms with Crippen molar-refractivity contribution in [2.75, 3.05) is 20.6 Å². The van der Waals surface area contributed by atoms with E-state index in [1.807, 2.05) is 54.5 Å². The van der Waals surface area contributed by atoms with Crippen molar-refractivity contribution < 1.29 is 4.79 Å². The number of rotatable bonds is 4. The molecule has 3 rings (SSSR count). The number of nitrogens with zero attached hydrogens (tertiary/aromatic N) is 4. The molecule has 0 bridgehead atoms. The summed E-state index contributed by atoms with van der Waals surface area (Å²) in [6.07, 6.45) is 5.44. The van der Waals surface area contributed by atoms with Gasteiger partial charge in [-0.25, -0.2) is 4.98 Å². The Kier molecular flexibility index (Phi) is 4.90. The SMILES string of the molecule is Cc1cccc(C(=O)N2CC[C@@H](N(C)C)[C@@H]2Cc2ccncc2)n1. The number of amides is 1. The van der Waals surface area contributed by atoms with Crippen LogP contribution < -0.4 is 0 Å². The Morgan fingerprint density at radius 1 is 1.25 bits per heavy atom. The van der Waals surface area contributed by atoms with Gasteiger partial charge < -0.3 is 9.80 Å². The van der Waals surface area contributed by atoms with Gasteiger partial charge in [-0.15, -0.1) is 0 Å². The van der Waals surface area contributed by atoms with E-state index >= 15 is 0 Å². The van der Waals surface area contributed by atoms with E-state index in [2.05, 4.69) is 29.0 Å². The van der Waals surface area contributed by atoms with Crippen molar-refractivity contribution >= 4 is 5.91 Å². The summed E-state index contributed by atoms with van der Waals surface area (Å²) in [6, 6.07) is 10.2. The van der Waals surface area contributed by atoms with Crippen molar-refractivity contribution in [3.05, 3.63) is 59.7 Å². The highest BCUT2D eigenvalue weighted by atomic mass is 16.2. The van der Waals surface area contributed by atoms with E-state index in [1.165, 1.54) is 5.56 Å². The van der Waals surface area contributed by atoms with Gasteiger partial charge in [0.2, 0.25) is 0 Å². The quantitative estimate of drug-likeness (QED) is 0.865. The highest BCUT2D eigenvalue weighted by Gasteiger charge is 2.38. The van der Waals surface area contributed by atoms with Crippen molar-refractivity contribution in [2.45, 2.75) is 31.8 Å². The molecule has 2 atom stereocenters. The lowest BCUT2D eigenvalue weighted by Crippen LogP contribution is -2.46. The molecule has 1 amide bonds. The molecule has 2 aromatic rings. The number of hydrogen-bond acceptors (Lipinski definition) is 4. The van der Waals surface area contributed by atoms with Crippen LogP contribution in [0.15, 0.2) is 42.7 Å². The molecule has 0 radical (unpaired) electrons. The Balaban J connectivity index is 1.86. The molecule has 0 aliphatic carbocycles. The van der Waals surface area contributed by atoms with E-state index in [1.54, 1.807) is 0 Å². The number of hydrogen-bond donors (Lipinski definition) is 0. The van der Waals surface area contributed by atoms with Crippen LogP contribution >= 0.6 is 0 Å². The molecule has 1 aliphatic heterocycles. The summed E-state index contributed by atoms with van der Waals surface area (Å²) < 4.78 is 0. The van der Waals surface area contributed by atoms with Crippen molar-refractivity contribution in [3.63, 3.8) is 0 Å². The van der Waals surface area contributed by atoms with E-state index in [0.717, 1.165) is 25.1 Å². The number of likely N-dealkylation sites (N-methyl/N-ethyl adjacent to an activating group) is 1. The topological polar surface area (TPSA) is 49.3 Å². The van der Waals surface area contributed by atoms with Gasteiger partial charge in [-0.2, -0.15) is 0 Å². The summed E-state index contributed by atoms with van der Waals surface area (Å²) in [5.41, 5.74) is 2.61. The van der Waals surface area contributed by atoms with Crippen LogP contribution in [0.4, 0.5) is 0 Å². The Morgan fingerprint density at radius 2 is 2.00 bits per heavy atom. The lowest BCUT2D eigenvalue weighted by atomic mass is 10.00. The summed E-state index contributed by atoms with van der Waals surface area (Å²) in [6.45, 7) is 2.69. The molecule has 24 heavy (non-hydrogen) atoms. The number of aryl methyl sites for hydroxylation is 1. The third-order valence-electron chi connectivity index (χ3n) is 4.74. The molecule has 0 aromatic carbocycles. The first-order chi connectivity index (χ1) is 11.6. The van der Waals surface area contributed by atoms with E-state index < -0.39 is 0 Å². The zero-order chi connectivity index (χ0) is 17.1. The molecule has 5 nitrogen and oxygen atoms in total. The molecule has 1 fully saturated rings. The molecule has 0 N–H and O–H groups in total. The molecular weight excluding hydrogens is 300 g/mol. The fraction of sp³-hybridized carbons (Fsp3) is 0.421. The standard InChI is InChI=1S/C19H24N4O/c1-14-5-4-6-16(21-14)19(24)23-12-9-17(22(2)3)18(23)13-15-7-10-20-11-8-15/h4-8,10-11,17-18H,9,12-13H2,1-3H3/t17-,18+/m1/s1. The first kappa shape index (κ1) is 16.6. The third kappa shape index (κ3) is 3.46. The smallest absolute Gasteiger partial charge is 0.272 e. The summed E-state index contributed by atoms with van der Waals surface area (Å²) in [5, 5.41) is 0. The van der Waals surface area contributed by atoms with Crippen LogP contribution in [0.3, 0.4) is 0 Å². The minimum absolute atomic E-state index is 0.0297. The van der Waals surface area contributed by atoms with E-state index in [0.29, 0.717) is 11.7 Å². The van der Waals surface area contributed by atoms with Crippen LogP contribution in [0.1, 0.15) is 28.2 Å². The summed E-state index contributed by atoms with van der Waals surface area (Å²) in [7, 11) is 4.17. The number of carbonyl (C=O) groups excluding carboxylic acids is 1. The van der Waals surface area contributed by atoms with Gasteiger partial charge in [-0.1, -0.05) is 6.07 Å². The first-order valence-electron chi connectivity index (χ1n) is 8.36. The maximum absolute atomic E-state index is 13.0. The van der Waals surface area contributed by atoms with Crippen LogP contribution in [-0.4, -0.2) is 58.4 Å². The molecule has 1 saturated heterocycles. The van der Waals surface area contributed by atoms with Gasteiger partial charge >= 0.3 is 0 Å². The molecule has 0 spiro atoms. The van der Waals surface area contributed by atoms with Gasteiger partial charge in [0.25, 0.3) is 5.91 Å². The maximum Gasteiger partial charge on any atom is 0.272 e. The molecule has 0 saturated carbocycles. The van der Waals surface area contributed by atoms with Crippen LogP contribution in [0.2, 0.25) is 0 Å². The fourth-order valence-corrected chi connectivity index (χ4v) is 3.51. The largest absolute Gasteiger partial charge is 0.332 e. The predicted molar refractivity (Wildman–Crippen MR) is 93.8 cm³/mol. The first-order valence-corrected chi connectivity index (χ1v) is 8.36. The lowest BCUT2D eigenvalue weighted by Gasteiger charge is -2.31. The summed E-state index contributed by atoms with van der Waals surface area (Å²) in [5.74, 6) is 0.0297. The number of aromatic nitrogens is 2. The molecule has 3 heterocycles. The van der Waals surface area contributed by atoms with Gasteiger partial charge in [0.15, 0.2) is 0 Å². The highest BCUT2D eigenvalue weighted by molar-refractivity contribution is 5.92. The minimum atomic E-state index is 0.0297. The normalized spacial score (nSPS) is 20.6. The number of likely N-dealkylation sites (tertiary alicyclic amines) is 1. The molecule has 2 aromatic heterocycles. The van der Waals surface area contributed by atoms with Gasteiger partial charge in [0, 0.05) is 30.7 Å². The average Bonchev–Trinajstić information content (AvgIpc) is 2.99. The van der Waals surface area contributed by atoms with E-state index in [-0.39, 0.29) is 11.9 Å². The van der Waals surface area contributed by atoms with E-state index in [9.17, 15) is 4.79 Å². The molecule has 126 valence electrons. The van der Waals surface area contributed by atoms with Crippen molar-refractivity contribution in [1.29, 1.82) is 0 Å². The Hall–Kier alpha value is -2.27. The zero-order valence-corrected chi connectivity index (χ0v) is 14.5. The van der Waals surface area contributed by atoms with E-state index in [4.69, 9.17) is 0 Å². The number of carbonyl (C=O) groups is 1. The maximum atomic E-state index is 13.0. The predicted octanol–water partition coefficient (Wildman–Crippen LogP) is 2.17. The Labute approximate surface area is 143 Å². The second kappa shape index (κ2) is 7.09. The minimum Gasteiger partial charge on any atom is -0.332 e. The fourth-order valence-electron chi connectivity index (χ4n) is 3.51. The number of pyridine rings is 2. The molecule has 0 unspecified atom stereocenters. The Morgan fingerprint density at radius 3 is 2.67 bits per heavy atom. The average molecular weight is 324 g/mol. The van der Waals surface area contributed by atoms with Gasteiger partial charge in [-0.05, 0) is 63.7 Å². The van der Waals surface area contributed by atoms with Gasteiger partial charge in [0.05, 0.1) is 6.04 Å². The summed E-state index contributed by atoms with van der Waals surface area (Å²) in [4.78, 5) is 25.7. The van der Waals surface area contributed by atoms with Gasteiger partial charge in [0.1, 0.15) is 5.69 Å². The zero-order valence-electron chi connectivity index (χ0n) is 14.5. The van der Waals surface area contributed by atoms with Gasteiger partial charge in [-0.3, -0.25) is 9.78 Å². The van der Waals surface area contributed by atoms with Crippen LogP contribution in [0, 0.1) is 6.92 Å². The van der Waals surface area contributed by atoms with Crippen molar-refractivity contribution in [2.24, 2.45) is 0 Å². The highest BCUT2D eigenvalue weighted by Crippen LogP contribution is 2.26. The van der Waals surface area contributed by atoms with Crippen LogP contribution in [-0.2, 0) is 6.42 Å². The molecular formula is C19H24N4O. The molecule has 5 heteroatoms. The Bertz CT molecular complexity index is 702. The van der Waals surface area contributed by atoms with Crippen LogP contribution in [0.25, 0.3) is 0 Å². The second-order valence-electron chi connectivity index (χ2n) is 6.61. The lowest BCUT2D eigenvalue weighted by molar-refractivity contribution is 0.0698. The second-order valence-corrected chi connectivity index (χ2v) is 6.61. The van der Waals surface area contributed by atoms with Crippen LogP contribution in [0.5, 0.6) is 0 Å². The summed E-state index contributed by atoms with van der Waals surface area (Å²) >= 11 is 0. The van der Waals surface area contributed by atoms with Crippen molar-refractivity contribution in [3.8, 4) is 0 Å². The monoisotopic (exact) mass is 324 g/mol. The van der Waals surface area contributed by atoms with Crippen molar-refractivity contribution in [1.82, 2.24) is 19.8 Å². The third-order valence-corrected chi connectivity index (χ3v) is 4.74.